The number of fused-ring (bicyclic) bond motifs is 1. The van der Waals surface area contributed by atoms with Crippen molar-refractivity contribution < 1.29 is 4.79 Å². The molecule has 4 N–H and O–H groups in total. The largest absolute Gasteiger partial charge is 0.397 e. The second-order valence-corrected chi connectivity index (χ2v) is 7.52. The highest BCUT2D eigenvalue weighted by Crippen LogP contribution is 2.29. The third-order valence-electron chi connectivity index (χ3n) is 4.48. The highest BCUT2D eigenvalue weighted by Gasteiger charge is 2.19. The Morgan fingerprint density at radius 3 is 2.73 bits per heavy atom. The number of carbonyl (C=O) groups is 1. The van der Waals surface area contributed by atoms with Gasteiger partial charge in [-0.15, -0.1) is 11.3 Å². The van der Waals surface area contributed by atoms with Gasteiger partial charge in [0.15, 0.2) is 5.01 Å². The summed E-state index contributed by atoms with van der Waals surface area (Å²) in [6.07, 6.45) is 0.922. The molecule has 3 aromatic rings. The summed E-state index contributed by atoms with van der Waals surface area (Å²) in [7, 11) is 0. The Balaban J connectivity index is 1.59. The van der Waals surface area contributed by atoms with Crippen LogP contribution < -0.4 is 16.4 Å². The van der Waals surface area contributed by atoms with Crippen molar-refractivity contribution in [3.8, 4) is 11.1 Å². The van der Waals surface area contributed by atoms with Crippen LogP contribution >= 0.6 is 11.3 Å². The molecule has 5 nitrogen and oxygen atoms in total. The van der Waals surface area contributed by atoms with Crippen LogP contribution in [0.4, 0.5) is 11.4 Å². The summed E-state index contributed by atoms with van der Waals surface area (Å²) >= 11 is 1.47. The number of hydrogen-bond acceptors (Lipinski definition) is 5. The summed E-state index contributed by atoms with van der Waals surface area (Å²) < 4.78 is 0. The minimum Gasteiger partial charge on any atom is -0.397 e. The molecule has 26 heavy (non-hydrogen) atoms. The third-order valence-corrected chi connectivity index (χ3v) is 5.64. The molecular formula is C20H20N4OS. The third kappa shape index (κ3) is 3.34. The number of nitrogens with zero attached hydrogens (tertiary/aromatic N) is 1. The lowest BCUT2D eigenvalue weighted by Crippen LogP contribution is -2.22. The van der Waals surface area contributed by atoms with Crippen molar-refractivity contribution in [2.45, 2.75) is 19.9 Å². The van der Waals surface area contributed by atoms with E-state index in [-0.39, 0.29) is 5.91 Å². The average molecular weight is 364 g/mol. The second-order valence-electron chi connectivity index (χ2n) is 6.44. The molecule has 2 aromatic carbocycles. The lowest BCUT2D eigenvalue weighted by Gasteiger charge is -2.10. The number of nitrogens with two attached hydrogens (primary N) is 1. The molecule has 2 heterocycles. The summed E-state index contributed by atoms with van der Waals surface area (Å²) in [6, 6.07) is 14.0. The van der Waals surface area contributed by atoms with Gasteiger partial charge in [0.05, 0.1) is 17.1 Å². The van der Waals surface area contributed by atoms with Gasteiger partial charge < -0.3 is 16.4 Å². The zero-order valence-corrected chi connectivity index (χ0v) is 15.3. The Labute approximate surface area is 156 Å². The van der Waals surface area contributed by atoms with Crippen LogP contribution in [0, 0.1) is 6.92 Å². The van der Waals surface area contributed by atoms with E-state index >= 15 is 0 Å². The fourth-order valence-electron chi connectivity index (χ4n) is 2.99. The van der Waals surface area contributed by atoms with Gasteiger partial charge in [-0.2, -0.15) is 0 Å². The molecule has 1 aromatic heterocycles. The van der Waals surface area contributed by atoms with Crippen molar-refractivity contribution in [2.75, 3.05) is 17.6 Å². The number of benzene rings is 2. The molecule has 0 bridgehead atoms. The van der Waals surface area contributed by atoms with Gasteiger partial charge in [-0.3, -0.25) is 4.79 Å². The first-order valence-electron chi connectivity index (χ1n) is 8.57. The van der Waals surface area contributed by atoms with E-state index in [4.69, 9.17) is 5.73 Å². The van der Waals surface area contributed by atoms with E-state index in [1.807, 2.05) is 18.2 Å². The summed E-state index contributed by atoms with van der Waals surface area (Å²) in [5.41, 5.74) is 11.5. The van der Waals surface area contributed by atoms with Crippen LogP contribution in [0.5, 0.6) is 0 Å². The van der Waals surface area contributed by atoms with Crippen LogP contribution in [0.2, 0.25) is 0 Å². The smallest absolute Gasteiger partial charge is 0.284 e. The first-order chi connectivity index (χ1) is 12.6. The van der Waals surface area contributed by atoms with Crippen LogP contribution in [-0.4, -0.2) is 17.4 Å². The maximum absolute atomic E-state index is 12.6. The molecule has 0 radical (unpaired) electrons. The average Bonchev–Trinajstić information content (AvgIpc) is 3.09. The molecule has 0 saturated carbocycles. The number of hydrogen-bond donors (Lipinski definition) is 3. The standard InChI is InChI=1S/C20H20N4OS/c1-12-2-4-13(5-3-12)14-6-7-15(21)16(10-14)23-19(25)20-24-17-11-22-9-8-18(17)26-20/h2-7,10,22H,8-9,11,21H2,1H3,(H,23,25). The van der Waals surface area contributed by atoms with Gasteiger partial charge >= 0.3 is 0 Å². The van der Waals surface area contributed by atoms with Crippen molar-refractivity contribution in [2.24, 2.45) is 0 Å². The van der Waals surface area contributed by atoms with Gasteiger partial charge in [0.1, 0.15) is 0 Å². The number of thiazole rings is 1. The fourth-order valence-corrected chi connectivity index (χ4v) is 3.96. The zero-order valence-electron chi connectivity index (χ0n) is 14.5. The van der Waals surface area contributed by atoms with Gasteiger partial charge in [0.2, 0.25) is 0 Å². The molecule has 0 saturated heterocycles. The van der Waals surface area contributed by atoms with Gasteiger partial charge in [-0.05, 0) is 36.6 Å². The Morgan fingerprint density at radius 1 is 1.19 bits per heavy atom. The number of aryl methyl sites for hydroxylation is 1. The highest BCUT2D eigenvalue weighted by molar-refractivity contribution is 7.13. The maximum Gasteiger partial charge on any atom is 0.284 e. The van der Waals surface area contributed by atoms with Crippen molar-refractivity contribution >= 4 is 28.6 Å². The monoisotopic (exact) mass is 364 g/mol. The van der Waals surface area contributed by atoms with Crippen LogP contribution in [0.1, 0.15) is 25.9 Å². The minimum absolute atomic E-state index is 0.211. The summed E-state index contributed by atoms with van der Waals surface area (Å²) in [6.45, 7) is 3.72. The van der Waals surface area contributed by atoms with E-state index in [2.05, 4.69) is 46.8 Å². The van der Waals surface area contributed by atoms with E-state index in [0.29, 0.717) is 16.4 Å². The number of nitrogen functional groups attached to an aromatic ring is 1. The molecule has 0 fully saturated rings. The number of rotatable bonds is 3. The normalized spacial score (nSPS) is 13.3. The molecule has 1 aliphatic rings. The number of nitrogens with one attached hydrogen (secondary N) is 2. The number of anilines is 2. The van der Waals surface area contributed by atoms with Crippen molar-refractivity contribution in [1.29, 1.82) is 0 Å². The van der Waals surface area contributed by atoms with E-state index < -0.39 is 0 Å². The van der Waals surface area contributed by atoms with Crippen molar-refractivity contribution in [3.05, 3.63) is 63.6 Å². The lowest BCUT2D eigenvalue weighted by atomic mass is 10.0. The predicted molar refractivity (Wildman–Crippen MR) is 107 cm³/mol. The predicted octanol–water partition coefficient (Wildman–Crippen LogP) is 3.60. The maximum atomic E-state index is 12.6. The minimum atomic E-state index is -0.211. The topological polar surface area (TPSA) is 80.0 Å². The lowest BCUT2D eigenvalue weighted by molar-refractivity contribution is 0.102. The van der Waals surface area contributed by atoms with E-state index in [9.17, 15) is 4.79 Å². The Hall–Kier alpha value is -2.70. The van der Waals surface area contributed by atoms with Crippen molar-refractivity contribution in [3.63, 3.8) is 0 Å². The Morgan fingerprint density at radius 2 is 1.96 bits per heavy atom. The Bertz CT molecular complexity index is 939. The first kappa shape index (κ1) is 16.8. The van der Waals surface area contributed by atoms with E-state index in [1.54, 1.807) is 0 Å². The highest BCUT2D eigenvalue weighted by atomic mass is 32.1. The van der Waals surface area contributed by atoms with Crippen LogP contribution in [-0.2, 0) is 13.0 Å². The second kappa shape index (κ2) is 6.90. The van der Waals surface area contributed by atoms with Gasteiger partial charge in [-0.25, -0.2) is 4.98 Å². The van der Waals surface area contributed by atoms with Crippen LogP contribution in [0.15, 0.2) is 42.5 Å². The molecule has 1 amide bonds. The van der Waals surface area contributed by atoms with Crippen LogP contribution in [0.25, 0.3) is 11.1 Å². The summed E-state index contributed by atoms with van der Waals surface area (Å²) in [5.74, 6) is -0.211. The van der Waals surface area contributed by atoms with E-state index in [0.717, 1.165) is 36.3 Å². The molecule has 0 aliphatic carbocycles. The van der Waals surface area contributed by atoms with Gasteiger partial charge in [0.25, 0.3) is 5.91 Å². The SMILES string of the molecule is Cc1ccc(-c2ccc(N)c(NC(=O)c3nc4c(s3)CCNC4)c2)cc1. The molecule has 0 unspecified atom stereocenters. The number of carbonyl (C=O) groups excluding carboxylic acids is 1. The fraction of sp³-hybridized carbons (Fsp3) is 0.200. The number of amides is 1. The first-order valence-corrected chi connectivity index (χ1v) is 9.39. The Kier molecular flexibility index (Phi) is 4.44. The molecule has 0 spiro atoms. The molecule has 6 heteroatoms. The van der Waals surface area contributed by atoms with Crippen LogP contribution in [0.3, 0.4) is 0 Å². The summed E-state index contributed by atoms with van der Waals surface area (Å²) in [4.78, 5) is 18.3. The summed E-state index contributed by atoms with van der Waals surface area (Å²) in [5, 5.41) is 6.68. The quantitative estimate of drug-likeness (QED) is 0.621. The van der Waals surface area contributed by atoms with Gasteiger partial charge in [-0.1, -0.05) is 35.9 Å². The zero-order chi connectivity index (χ0) is 18.1. The number of aromatic nitrogens is 1. The molecule has 0 atom stereocenters. The van der Waals surface area contributed by atoms with E-state index in [1.165, 1.54) is 21.8 Å². The molecular weight excluding hydrogens is 344 g/mol. The molecule has 4 rings (SSSR count). The van der Waals surface area contributed by atoms with Crippen molar-refractivity contribution in [1.82, 2.24) is 10.3 Å². The van der Waals surface area contributed by atoms with Gasteiger partial charge in [0, 0.05) is 18.0 Å². The molecule has 1 aliphatic heterocycles. The molecule has 132 valence electrons.